The number of carbonyl (C=O) groups excluding carboxylic acids is 2. The van der Waals surface area contributed by atoms with Crippen molar-refractivity contribution in [1.29, 1.82) is 0 Å². The second kappa shape index (κ2) is 10.3. The van der Waals surface area contributed by atoms with Crippen LogP contribution in [0.25, 0.3) is 0 Å². The second-order valence-corrected chi connectivity index (χ2v) is 6.30. The fourth-order valence-corrected chi connectivity index (χ4v) is 2.40. The summed E-state index contributed by atoms with van der Waals surface area (Å²) >= 11 is 0. The first-order chi connectivity index (χ1) is 13.0. The zero-order chi connectivity index (χ0) is 19.6. The summed E-state index contributed by atoms with van der Waals surface area (Å²) in [6.07, 6.45) is 4.06. The quantitative estimate of drug-likeness (QED) is 0.522. The molecule has 0 saturated heterocycles. The molecule has 2 aromatic rings. The first-order valence-corrected chi connectivity index (χ1v) is 8.91. The zero-order valence-corrected chi connectivity index (χ0v) is 16.0. The molecule has 27 heavy (non-hydrogen) atoms. The standard InChI is InChI=1S/C20H26N4O3/c1-4-27-20(26)15-6-8-17(9-7-15)23-18-12-16(13-21-14-18)19(25)22-10-5-11-24(2)3/h6-9,12-14,23H,4-5,10-11H2,1-3H3,(H,22,25). The van der Waals surface area contributed by atoms with Crippen molar-refractivity contribution in [3.05, 3.63) is 53.9 Å². The van der Waals surface area contributed by atoms with Crippen molar-refractivity contribution in [3.63, 3.8) is 0 Å². The van der Waals surface area contributed by atoms with Gasteiger partial charge in [0.2, 0.25) is 0 Å². The molecule has 0 saturated carbocycles. The monoisotopic (exact) mass is 370 g/mol. The molecule has 2 rings (SSSR count). The fraction of sp³-hybridized carbons (Fsp3) is 0.350. The lowest BCUT2D eigenvalue weighted by molar-refractivity contribution is 0.0526. The van der Waals surface area contributed by atoms with Crippen LogP contribution in [0.3, 0.4) is 0 Å². The minimum absolute atomic E-state index is 0.150. The van der Waals surface area contributed by atoms with Gasteiger partial charge in [-0.25, -0.2) is 4.79 Å². The molecule has 7 heteroatoms. The Morgan fingerprint density at radius 1 is 1.07 bits per heavy atom. The number of nitrogens with zero attached hydrogens (tertiary/aromatic N) is 2. The summed E-state index contributed by atoms with van der Waals surface area (Å²) in [5, 5.41) is 6.07. The number of amides is 1. The zero-order valence-electron chi connectivity index (χ0n) is 16.0. The fourth-order valence-electron chi connectivity index (χ4n) is 2.40. The molecule has 0 unspecified atom stereocenters. The van der Waals surface area contributed by atoms with Gasteiger partial charge in [-0.05, 0) is 64.3 Å². The molecule has 7 nitrogen and oxygen atoms in total. The van der Waals surface area contributed by atoms with E-state index in [-0.39, 0.29) is 11.9 Å². The molecule has 0 spiro atoms. The lowest BCUT2D eigenvalue weighted by Gasteiger charge is -2.11. The van der Waals surface area contributed by atoms with Gasteiger partial charge in [-0.3, -0.25) is 9.78 Å². The molecule has 0 fully saturated rings. The number of aromatic nitrogens is 1. The first kappa shape index (κ1) is 20.4. The molecule has 1 heterocycles. The Bertz CT molecular complexity index is 760. The van der Waals surface area contributed by atoms with Gasteiger partial charge in [0.05, 0.1) is 29.6 Å². The van der Waals surface area contributed by atoms with Gasteiger partial charge in [0.15, 0.2) is 0 Å². The number of ether oxygens (including phenoxy) is 1. The first-order valence-electron chi connectivity index (χ1n) is 8.91. The molecule has 1 aromatic carbocycles. The van der Waals surface area contributed by atoms with Crippen LogP contribution in [0.1, 0.15) is 34.1 Å². The Morgan fingerprint density at radius 2 is 1.81 bits per heavy atom. The number of hydrogen-bond acceptors (Lipinski definition) is 6. The van der Waals surface area contributed by atoms with Crippen LogP contribution in [0.5, 0.6) is 0 Å². The third kappa shape index (κ3) is 6.71. The van der Waals surface area contributed by atoms with Crippen LogP contribution >= 0.6 is 0 Å². The average Bonchev–Trinajstić information content (AvgIpc) is 2.66. The van der Waals surface area contributed by atoms with E-state index >= 15 is 0 Å². The lowest BCUT2D eigenvalue weighted by Crippen LogP contribution is -2.27. The van der Waals surface area contributed by atoms with E-state index in [1.165, 1.54) is 6.20 Å². The van der Waals surface area contributed by atoms with Gasteiger partial charge in [-0.2, -0.15) is 0 Å². The van der Waals surface area contributed by atoms with Gasteiger partial charge >= 0.3 is 5.97 Å². The number of esters is 1. The highest BCUT2D eigenvalue weighted by Gasteiger charge is 2.08. The summed E-state index contributed by atoms with van der Waals surface area (Å²) in [5.74, 6) is -0.499. The Balaban J connectivity index is 1.95. The number of carbonyl (C=O) groups is 2. The van der Waals surface area contributed by atoms with Crippen LogP contribution in [0.2, 0.25) is 0 Å². The number of hydrogen-bond donors (Lipinski definition) is 2. The summed E-state index contributed by atoms with van der Waals surface area (Å²) in [7, 11) is 4.00. The summed E-state index contributed by atoms with van der Waals surface area (Å²) in [4.78, 5) is 30.1. The van der Waals surface area contributed by atoms with Crippen molar-refractivity contribution >= 4 is 23.3 Å². The van der Waals surface area contributed by atoms with Gasteiger partial charge in [0.1, 0.15) is 0 Å². The highest BCUT2D eigenvalue weighted by Crippen LogP contribution is 2.18. The molecule has 1 amide bonds. The van der Waals surface area contributed by atoms with Crippen LogP contribution in [0.15, 0.2) is 42.7 Å². The van der Waals surface area contributed by atoms with Crippen molar-refractivity contribution in [2.45, 2.75) is 13.3 Å². The molecule has 2 N–H and O–H groups in total. The largest absolute Gasteiger partial charge is 0.462 e. The third-order valence-corrected chi connectivity index (χ3v) is 3.75. The van der Waals surface area contributed by atoms with Gasteiger partial charge < -0.3 is 20.3 Å². The maximum atomic E-state index is 12.2. The predicted octanol–water partition coefficient (Wildman–Crippen LogP) is 2.68. The molecule has 0 aliphatic heterocycles. The van der Waals surface area contributed by atoms with Gasteiger partial charge in [-0.15, -0.1) is 0 Å². The van der Waals surface area contributed by atoms with E-state index in [2.05, 4.69) is 20.5 Å². The van der Waals surface area contributed by atoms with Crippen LogP contribution in [-0.4, -0.2) is 55.6 Å². The molecule has 0 aliphatic carbocycles. The van der Waals surface area contributed by atoms with Crippen LogP contribution < -0.4 is 10.6 Å². The Hall–Kier alpha value is -2.93. The van der Waals surface area contributed by atoms with Crippen molar-refractivity contribution in [2.24, 2.45) is 0 Å². The third-order valence-electron chi connectivity index (χ3n) is 3.75. The van der Waals surface area contributed by atoms with Crippen molar-refractivity contribution in [2.75, 3.05) is 39.1 Å². The molecular weight excluding hydrogens is 344 g/mol. The average molecular weight is 370 g/mol. The summed E-state index contributed by atoms with van der Waals surface area (Å²) < 4.78 is 4.97. The van der Waals surface area contributed by atoms with Crippen molar-refractivity contribution in [3.8, 4) is 0 Å². The second-order valence-electron chi connectivity index (χ2n) is 6.30. The minimum Gasteiger partial charge on any atom is -0.462 e. The van der Waals surface area contributed by atoms with Crippen LogP contribution in [0.4, 0.5) is 11.4 Å². The number of pyridine rings is 1. The predicted molar refractivity (Wildman–Crippen MR) is 105 cm³/mol. The summed E-state index contributed by atoms with van der Waals surface area (Å²) in [6.45, 7) is 3.65. The molecule has 0 radical (unpaired) electrons. The van der Waals surface area contributed by atoms with E-state index < -0.39 is 0 Å². The van der Waals surface area contributed by atoms with Gasteiger partial charge in [-0.1, -0.05) is 0 Å². The van der Waals surface area contributed by atoms with Crippen molar-refractivity contribution < 1.29 is 14.3 Å². The maximum Gasteiger partial charge on any atom is 0.338 e. The Labute approximate surface area is 159 Å². The Kier molecular flexibility index (Phi) is 7.76. The van der Waals surface area contributed by atoms with Crippen LogP contribution in [-0.2, 0) is 4.74 Å². The maximum absolute atomic E-state index is 12.2. The minimum atomic E-state index is -0.348. The van der Waals surface area contributed by atoms with E-state index in [1.54, 1.807) is 43.5 Å². The number of benzene rings is 1. The van der Waals surface area contributed by atoms with Crippen LogP contribution in [0, 0.1) is 0 Å². The van der Waals surface area contributed by atoms with Gasteiger partial charge in [0.25, 0.3) is 5.91 Å². The lowest BCUT2D eigenvalue weighted by atomic mass is 10.2. The number of anilines is 2. The molecule has 144 valence electrons. The highest BCUT2D eigenvalue weighted by atomic mass is 16.5. The van der Waals surface area contributed by atoms with E-state index in [0.717, 1.165) is 18.7 Å². The van der Waals surface area contributed by atoms with E-state index in [1.807, 2.05) is 14.1 Å². The van der Waals surface area contributed by atoms with Crippen molar-refractivity contribution in [1.82, 2.24) is 15.2 Å². The molecule has 0 bridgehead atoms. The molecule has 1 aromatic heterocycles. The topological polar surface area (TPSA) is 83.6 Å². The van der Waals surface area contributed by atoms with E-state index in [9.17, 15) is 9.59 Å². The SMILES string of the molecule is CCOC(=O)c1ccc(Nc2cncc(C(=O)NCCCN(C)C)c2)cc1. The van der Waals surface area contributed by atoms with Gasteiger partial charge in [0, 0.05) is 18.4 Å². The molecule has 0 aliphatic rings. The number of nitrogens with one attached hydrogen (secondary N) is 2. The summed E-state index contributed by atoms with van der Waals surface area (Å²) in [6, 6.07) is 8.68. The highest BCUT2D eigenvalue weighted by molar-refractivity contribution is 5.95. The Morgan fingerprint density at radius 3 is 2.48 bits per heavy atom. The molecule has 0 atom stereocenters. The number of rotatable bonds is 9. The normalized spacial score (nSPS) is 10.5. The van der Waals surface area contributed by atoms with E-state index in [4.69, 9.17) is 4.74 Å². The summed E-state index contributed by atoms with van der Waals surface area (Å²) in [5.41, 5.74) is 2.47. The molecular formula is C20H26N4O3. The van der Waals surface area contributed by atoms with E-state index in [0.29, 0.717) is 30.0 Å². The smallest absolute Gasteiger partial charge is 0.338 e.